The van der Waals surface area contributed by atoms with Crippen LogP contribution in [0.1, 0.15) is 47.2 Å². The van der Waals surface area contributed by atoms with E-state index < -0.39 is 11.9 Å². The van der Waals surface area contributed by atoms with Crippen LogP contribution in [0.5, 0.6) is 0 Å². The van der Waals surface area contributed by atoms with E-state index in [0.29, 0.717) is 35.0 Å². The maximum Gasteiger partial charge on any atom is 0.338 e. The van der Waals surface area contributed by atoms with Gasteiger partial charge in [-0.3, -0.25) is 4.79 Å². The van der Waals surface area contributed by atoms with E-state index in [0.717, 1.165) is 10.6 Å². The predicted octanol–water partition coefficient (Wildman–Crippen LogP) is 5.92. The number of hydrazone groups is 1. The molecule has 36 heavy (non-hydrogen) atoms. The molecule has 1 aliphatic rings. The van der Waals surface area contributed by atoms with Gasteiger partial charge in [0.2, 0.25) is 0 Å². The molecule has 0 unspecified atom stereocenters. The lowest BCUT2D eigenvalue weighted by Crippen LogP contribution is -2.21. The van der Waals surface area contributed by atoms with Crippen molar-refractivity contribution in [3.63, 3.8) is 0 Å². The molecular formula is C27H23ClN2O6. The van der Waals surface area contributed by atoms with Crippen LogP contribution in [0.4, 0.5) is 5.69 Å². The maximum atomic E-state index is 13.0. The predicted molar refractivity (Wildman–Crippen MR) is 136 cm³/mol. The Balaban J connectivity index is 1.52. The number of anilines is 1. The number of aromatic carboxylic acids is 1. The van der Waals surface area contributed by atoms with Crippen molar-refractivity contribution in [3.05, 3.63) is 82.1 Å². The van der Waals surface area contributed by atoms with Gasteiger partial charge in [0.25, 0.3) is 5.91 Å². The highest BCUT2D eigenvalue weighted by atomic mass is 35.5. The molecule has 9 heteroatoms. The van der Waals surface area contributed by atoms with Gasteiger partial charge in [-0.05, 0) is 61.4 Å². The highest BCUT2D eigenvalue weighted by Gasteiger charge is 2.30. The first-order valence-corrected chi connectivity index (χ1v) is 11.5. The molecule has 0 aliphatic carbocycles. The molecule has 0 spiro atoms. The van der Waals surface area contributed by atoms with Crippen molar-refractivity contribution in [3.8, 4) is 11.3 Å². The fraction of sp³-hybridized carbons (Fsp3) is 0.185. The van der Waals surface area contributed by atoms with E-state index in [2.05, 4.69) is 5.10 Å². The third-order valence-electron chi connectivity index (χ3n) is 5.35. The molecule has 1 aromatic heterocycles. The van der Waals surface area contributed by atoms with Crippen LogP contribution in [0.2, 0.25) is 5.02 Å². The molecule has 1 N–H and O–H groups in total. The first-order chi connectivity index (χ1) is 17.1. The normalized spacial score (nSPS) is 14.5. The second kappa shape index (κ2) is 10.2. The Morgan fingerprint density at radius 1 is 1.14 bits per heavy atom. The van der Waals surface area contributed by atoms with Gasteiger partial charge in [0.15, 0.2) is 0 Å². The van der Waals surface area contributed by atoms with Crippen LogP contribution in [0.15, 0.2) is 69.7 Å². The van der Waals surface area contributed by atoms with Gasteiger partial charge in [0.1, 0.15) is 11.5 Å². The number of halogens is 1. The van der Waals surface area contributed by atoms with Gasteiger partial charge in [0, 0.05) is 5.56 Å². The average Bonchev–Trinajstić information content (AvgIpc) is 3.43. The molecule has 3 aromatic rings. The first kappa shape index (κ1) is 24.9. The highest BCUT2D eigenvalue weighted by molar-refractivity contribution is 6.34. The highest BCUT2D eigenvalue weighted by Crippen LogP contribution is 2.30. The molecule has 0 atom stereocenters. The molecule has 8 nitrogen and oxygen atoms in total. The SMILES string of the molecule is CC1=NN(c2ccc(Cl)c(C(=O)O)c2)C(=O)/C1=C\c1ccc(-c2ccc(C(=O)OCC(C)C)cc2)o1. The van der Waals surface area contributed by atoms with Gasteiger partial charge in [-0.1, -0.05) is 37.6 Å². The lowest BCUT2D eigenvalue weighted by Gasteiger charge is -2.12. The molecule has 0 saturated heterocycles. The van der Waals surface area contributed by atoms with E-state index in [-0.39, 0.29) is 28.2 Å². The van der Waals surface area contributed by atoms with Crippen molar-refractivity contribution >= 4 is 46.9 Å². The molecule has 0 saturated carbocycles. The lowest BCUT2D eigenvalue weighted by molar-refractivity contribution is -0.114. The van der Waals surface area contributed by atoms with Gasteiger partial charge in [-0.25, -0.2) is 9.59 Å². The van der Waals surface area contributed by atoms with Crippen LogP contribution in [-0.4, -0.2) is 35.3 Å². The van der Waals surface area contributed by atoms with Gasteiger partial charge in [0.05, 0.1) is 39.7 Å². The molecule has 0 fully saturated rings. The van der Waals surface area contributed by atoms with Gasteiger partial charge >= 0.3 is 11.9 Å². The van der Waals surface area contributed by atoms with E-state index in [1.54, 1.807) is 49.4 Å². The first-order valence-electron chi connectivity index (χ1n) is 11.2. The number of hydrogen-bond donors (Lipinski definition) is 1. The number of carboxylic acid groups (broad SMARTS) is 1. The summed E-state index contributed by atoms with van der Waals surface area (Å²) in [4.78, 5) is 36.5. The summed E-state index contributed by atoms with van der Waals surface area (Å²) in [6.45, 7) is 5.97. The summed E-state index contributed by atoms with van der Waals surface area (Å²) in [5.74, 6) is -0.751. The molecule has 0 radical (unpaired) electrons. The minimum atomic E-state index is -1.20. The Bertz CT molecular complexity index is 1400. The third-order valence-corrected chi connectivity index (χ3v) is 5.68. The smallest absolute Gasteiger partial charge is 0.338 e. The van der Waals surface area contributed by atoms with Crippen LogP contribution in [-0.2, 0) is 9.53 Å². The second-order valence-corrected chi connectivity index (χ2v) is 9.01. The Kier molecular flexibility index (Phi) is 7.07. The van der Waals surface area contributed by atoms with Crippen LogP contribution in [0.3, 0.4) is 0 Å². The molecule has 184 valence electrons. The molecule has 4 rings (SSSR count). The molecule has 2 heterocycles. The fourth-order valence-electron chi connectivity index (χ4n) is 3.49. The van der Waals surface area contributed by atoms with Gasteiger partial charge in [-0.2, -0.15) is 10.1 Å². The third kappa shape index (κ3) is 5.23. The largest absolute Gasteiger partial charge is 0.478 e. The Morgan fingerprint density at radius 3 is 2.53 bits per heavy atom. The van der Waals surface area contributed by atoms with Crippen molar-refractivity contribution in [1.29, 1.82) is 0 Å². The average molecular weight is 507 g/mol. The molecule has 1 aliphatic heterocycles. The fourth-order valence-corrected chi connectivity index (χ4v) is 3.69. The quantitative estimate of drug-likeness (QED) is 0.315. The van der Waals surface area contributed by atoms with Crippen molar-refractivity contribution in [1.82, 2.24) is 0 Å². The maximum absolute atomic E-state index is 13.0. The number of hydrogen-bond acceptors (Lipinski definition) is 6. The van der Waals surface area contributed by atoms with Crippen molar-refractivity contribution in [2.75, 3.05) is 11.6 Å². The van der Waals surface area contributed by atoms with E-state index in [9.17, 15) is 19.5 Å². The van der Waals surface area contributed by atoms with Crippen LogP contribution in [0.25, 0.3) is 17.4 Å². The monoisotopic (exact) mass is 506 g/mol. The number of nitrogens with zero attached hydrogens (tertiary/aromatic N) is 2. The summed E-state index contributed by atoms with van der Waals surface area (Å²) in [5.41, 5.74) is 2.14. The summed E-state index contributed by atoms with van der Waals surface area (Å²) in [6, 6.07) is 14.6. The van der Waals surface area contributed by atoms with E-state index in [1.165, 1.54) is 18.2 Å². The minimum absolute atomic E-state index is 0.0676. The van der Waals surface area contributed by atoms with Crippen molar-refractivity contribution in [2.24, 2.45) is 11.0 Å². The Morgan fingerprint density at radius 2 is 1.86 bits per heavy atom. The number of ether oxygens (including phenoxy) is 1. The van der Waals surface area contributed by atoms with Gasteiger partial charge < -0.3 is 14.3 Å². The summed E-state index contributed by atoms with van der Waals surface area (Å²) in [6.07, 6.45) is 1.58. The van der Waals surface area contributed by atoms with Crippen LogP contribution < -0.4 is 5.01 Å². The van der Waals surface area contributed by atoms with E-state index in [4.69, 9.17) is 20.8 Å². The topological polar surface area (TPSA) is 109 Å². The second-order valence-electron chi connectivity index (χ2n) is 8.60. The van der Waals surface area contributed by atoms with Gasteiger partial charge in [-0.15, -0.1) is 0 Å². The molecule has 1 amide bonds. The zero-order valence-corrected chi connectivity index (χ0v) is 20.6. The van der Waals surface area contributed by atoms with Crippen LogP contribution >= 0.6 is 11.6 Å². The number of benzene rings is 2. The number of carbonyl (C=O) groups is 3. The summed E-state index contributed by atoms with van der Waals surface area (Å²) in [7, 11) is 0. The molecule has 0 bridgehead atoms. The number of carboxylic acids is 1. The van der Waals surface area contributed by atoms with E-state index in [1.807, 2.05) is 13.8 Å². The number of furan rings is 1. The zero-order valence-electron chi connectivity index (χ0n) is 19.8. The summed E-state index contributed by atoms with van der Waals surface area (Å²) in [5, 5.41) is 14.8. The standard InChI is InChI=1S/C27H23ClN2O6/c1-15(2)14-35-27(34)18-6-4-17(5-7-18)24-11-9-20(36-24)13-21-16(3)29-30(25(21)31)19-8-10-23(28)22(12-19)26(32)33/h4-13,15H,14H2,1-3H3,(H,32,33)/b21-13-. The number of amides is 1. The van der Waals surface area contributed by atoms with Crippen LogP contribution in [0, 0.1) is 5.92 Å². The summed E-state index contributed by atoms with van der Waals surface area (Å²) < 4.78 is 11.1. The number of esters is 1. The molecule has 2 aromatic carbocycles. The lowest BCUT2D eigenvalue weighted by atomic mass is 10.1. The van der Waals surface area contributed by atoms with Crippen molar-refractivity contribution < 1.29 is 28.6 Å². The minimum Gasteiger partial charge on any atom is -0.478 e. The number of rotatable bonds is 7. The Labute approximate surface area is 212 Å². The zero-order chi connectivity index (χ0) is 26.0. The Hall–Kier alpha value is -4.17. The van der Waals surface area contributed by atoms with E-state index >= 15 is 0 Å². The number of carbonyl (C=O) groups excluding carboxylic acids is 2. The molecular weight excluding hydrogens is 484 g/mol. The summed E-state index contributed by atoms with van der Waals surface area (Å²) >= 11 is 5.93. The van der Waals surface area contributed by atoms with Crippen molar-refractivity contribution in [2.45, 2.75) is 20.8 Å².